The number of fused-ring (bicyclic) bond motifs is 4. The first-order chi connectivity index (χ1) is 15.0. The Morgan fingerprint density at radius 3 is 2.55 bits per heavy atom. The summed E-state index contributed by atoms with van der Waals surface area (Å²) in [6.07, 6.45) is 9.14. The number of aromatic amines is 1. The van der Waals surface area contributed by atoms with E-state index in [4.69, 9.17) is 0 Å². The van der Waals surface area contributed by atoms with Crippen molar-refractivity contribution in [3.63, 3.8) is 0 Å². The van der Waals surface area contributed by atoms with E-state index >= 15 is 8.78 Å². The second kappa shape index (κ2) is 6.77. The third kappa shape index (κ3) is 2.70. The van der Waals surface area contributed by atoms with Crippen LogP contribution < -0.4 is 0 Å². The summed E-state index contributed by atoms with van der Waals surface area (Å²) in [7, 11) is 0. The standard InChI is InChI=1S/C27H28F2N2/c1-3-6-17-12-21(28)24(22(29)13-17)26-25-20(19-7-4-5-8-23(19)30-25)11-16(2)31(26)27-10-9-18(14-27)15-27/h3-8,12-13,16,18,26,30H,9-11,14-15H2,1-2H3/b6-3+/t16-,18?,26+,27?/m1/s1. The number of hydrogen-bond donors (Lipinski definition) is 1. The number of allylic oxidation sites excluding steroid dienone is 1. The number of rotatable bonds is 3. The van der Waals surface area contributed by atoms with Gasteiger partial charge in [-0.3, -0.25) is 4.90 Å². The summed E-state index contributed by atoms with van der Waals surface area (Å²) in [5.74, 6) is -0.122. The molecule has 3 aliphatic carbocycles. The second-order valence-electron chi connectivity index (χ2n) is 9.86. The van der Waals surface area contributed by atoms with Gasteiger partial charge in [0.1, 0.15) is 11.6 Å². The number of benzene rings is 2. The number of nitrogens with zero attached hydrogens (tertiary/aromatic N) is 1. The molecule has 3 fully saturated rings. The van der Waals surface area contributed by atoms with Gasteiger partial charge in [0, 0.05) is 33.7 Å². The highest BCUT2D eigenvalue weighted by Gasteiger charge is 2.58. The van der Waals surface area contributed by atoms with Crippen LogP contribution in [0.2, 0.25) is 0 Å². The summed E-state index contributed by atoms with van der Waals surface area (Å²) in [5, 5.41) is 1.18. The maximum Gasteiger partial charge on any atom is 0.131 e. The molecule has 160 valence electrons. The first-order valence-electron chi connectivity index (χ1n) is 11.5. The van der Waals surface area contributed by atoms with E-state index in [1.807, 2.05) is 25.1 Å². The van der Waals surface area contributed by atoms with Crippen molar-refractivity contribution in [1.29, 1.82) is 0 Å². The van der Waals surface area contributed by atoms with Gasteiger partial charge in [0.15, 0.2) is 0 Å². The molecule has 0 amide bonds. The van der Waals surface area contributed by atoms with Crippen molar-refractivity contribution in [2.75, 3.05) is 0 Å². The second-order valence-corrected chi connectivity index (χ2v) is 9.86. The van der Waals surface area contributed by atoms with Crippen LogP contribution >= 0.6 is 0 Å². The summed E-state index contributed by atoms with van der Waals surface area (Å²) in [6, 6.07) is 11.0. The molecule has 7 rings (SSSR count). The Morgan fingerprint density at radius 1 is 1.13 bits per heavy atom. The molecule has 31 heavy (non-hydrogen) atoms. The number of hydrogen-bond acceptors (Lipinski definition) is 1. The highest BCUT2D eigenvalue weighted by Crippen LogP contribution is 2.60. The van der Waals surface area contributed by atoms with Gasteiger partial charge in [0.25, 0.3) is 0 Å². The van der Waals surface area contributed by atoms with Gasteiger partial charge in [-0.1, -0.05) is 30.4 Å². The SMILES string of the molecule is C/C=C/c1cc(F)c([C@H]2c3[nH]c4ccccc4c3C[C@@H](C)N2C23CCC(C2)C3)c(F)c1. The Morgan fingerprint density at radius 2 is 1.87 bits per heavy atom. The van der Waals surface area contributed by atoms with Crippen molar-refractivity contribution < 1.29 is 8.78 Å². The van der Waals surface area contributed by atoms with Gasteiger partial charge in [-0.05, 0) is 81.2 Å². The van der Waals surface area contributed by atoms with Gasteiger partial charge in [0.2, 0.25) is 0 Å². The van der Waals surface area contributed by atoms with Crippen molar-refractivity contribution in [2.24, 2.45) is 5.92 Å². The summed E-state index contributed by atoms with van der Waals surface area (Å²) in [6.45, 7) is 4.10. The molecule has 4 heteroatoms. The fourth-order valence-electron chi connectivity index (χ4n) is 6.88. The highest BCUT2D eigenvalue weighted by atomic mass is 19.1. The van der Waals surface area contributed by atoms with Gasteiger partial charge in [-0.15, -0.1) is 0 Å². The number of halogens is 2. The van der Waals surface area contributed by atoms with E-state index in [0.717, 1.165) is 42.8 Å². The van der Waals surface area contributed by atoms with Crippen LogP contribution in [0.15, 0.2) is 42.5 Å². The zero-order chi connectivity index (χ0) is 21.3. The van der Waals surface area contributed by atoms with E-state index in [1.165, 1.54) is 29.5 Å². The smallest absolute Gasteiger partial charge is 0.131 e. The van der Waals surface area contributed by atoms with E-state index in [-0.39, 0.29) is 17.1 Å². The molecule has 0 spiro atoms. The van der Waals surface area contributed by atoms with Crippen LogP contribution in [0.5, 0.6) is 0 Å². The Labute approximate surface area is 182 Å². The molecular formula is C27H28F2N2. The van der Waals surface area contributed by atoms with Crippen molar-refractivity contribution in [1.82, 2.24) is 9.88 Å². The Kier molecular flexibility index (Phi) is 4.20. The van der Waals surface area contributed by atoms with Crippen LogP contribution in [0.25, 0.3) is 17.0 Å². The highest BCUT2D eigenvalue weighted by molar-refractivity contribution is 5.85. The van der Waals surface area contributed by atoms with E-state index < -0.39 is 17.7 Å². The minimum atomic E-state index is -0.452. The Hall–Kier alpha value is -2.46. The molecule has 3 aromatic rings. The first kappa shape index (κ1) is 19.2. The summed E-state index contributed by atoms with van der Waals surface area (Å²) in [4.78, 5) is 6.06. The number of H-pyrrole nitrogens is 1. The average molecular weight is 419 g/mol. The lowest BCUT2D eigenvalue weighted by Gasteiger charge is -2.55. The fraction of sp³-hybridized carbons (Fsp3) is 0.407. The van der Waals surface area contributed by atoms with Crippen molar-refractivity contribution in [3.05, 3.63) is 76.5 Å². The van der Waals surface area contributed by atoms with Crippen molar-refractivity contribution in [2.45, 2.75) is 63.6 Å². The number of para-hydroxylation sites is 1. The monoisotopic (exact) mass is 418 g/mol. The first-order valence-corrected chi connectivity index (χ1v) is 11.5. The summed E-state index contributed by atoms with van der Waals surface area (Å²) in [5.41, 5.74) is 4.07. The van der Waals surface area contributed by atoms with Gasteiger partial charge in [-0.25, -0.2) is 8.78 Å². The lowest BCUT2D eigenvalue weighted by atomic mass is 9.72. The van der Waals surface area contributed by atoms with E-state index in [9.17, 15) is 0 Å². The molecule has 2 aromatic carbocycles. The molecule has 0 unspecified atom stereocenters. The molecule has 0 saturated heterocycles. The fourth-order valence-corrected chi connectivity index (χ4v) is 6.88. The largest absolute Gasteiger partial charge is 0.357 e. The molecule has 4 aliphatic rings. The minimum Gasteiger partial charge on any atom is -0.357 e. The van der Waals surface area contributed by atoms with Gasteiger partial charge < -0.3 is 4.98 Å². The van der Waals surface area contributed by atoms with Crippen LogP contribution in [0.4, 0.5) is 8.78 Å². The van der Waals surface area contributed by atoms with Crippen LogP contribution in [-0.4, -0.2) is 21.5 Å². The Balaban J connectivity index is 1.59. The third-order valence-corrected chi connectivity index (χ3v) is 8.01. The van der Waals surface area contributed by atoms with Gasteiger partial charge in [0.05, 0.1) is 6.04 Å². The third-order valence-electron chi connectivity index (χ3n) is 8.01. The summed E-state index contributed by atoms with van der Waals surface area (Å²) >= 11 is 0. The number of nitrogens with one attached hydrogen (secondary N) is 1. The van der Waals surface area contributed by atoms with Crippen molar-refractivity contribution in [3.8, 4) is 0 Å². The molecule has 1 aliphatic heterocycles. The molecule has 1 aromatic heterocycles. The lowest BCUT2D eigenvalue weighted by Crippen LogP contribution is -2.59. The molecule has 2 heterocycles. The Bertz CT molecular complexity index is 1170. The average Bonchev–Trinajstić information content (AvgIpc) is 3.40. The molecular weight excluding hydrogens is 390 g/mol. The summed E-state index contributed by atoms with van der Waals surface area (Å²) < 4.78 is 31.2. The zero-order valence-electron chi connectivity index (χ0n) is 18.1. The molecule has 0 radical (unpaired) electrons. The quantitative estimate of drug-likeness (QED) is 0.498. The van der Waals surface area contributed by atoms with Crippen LogP contribution in [0, 0.1) is 17.6 Å². The van der Waals surface area contributed by atoms with E-state index in [1.54, 1.807) is 6.08 Å². The molecule has 2 nitrogen and oxygen atoms in total. The zero-order valence-corrected chi connectivity index (χ0v) is 18.1. The van der Waals surface area contributed by atoms with Gasteiger partial charge >= 0.3 is 0 Å². The van der Waals surface area contributed by atoms with Crippen LogP contribution in [-0.2, 0) is 6.42 Å². The maximum absolute atomic E-state index is 15.6. The maximum atomic E-state index is 15.6. The van der Waals surface area contributed by atoms with Gasteiger partial charge in [-0.2, -0.15) is 0 Å². The van der Waals surface area contributed by atoms with Crippen LogP contribution in [0.3, 0.4) is 0 Å². The predicted molar refractivity (Wildman–Crippen MR) is 121 cm³/mol. The minimum absolute atomic E-state index is 0.0740. The molecule has 2 bridgehead atoms. The van der Waals surface area contributed by atoms with Crippen molar-refractivity contribution >= 4 is 17.0 Å². The van der Waals surface area contributed by atoms with E-state index in [0.29, 0.717) is 5.56 Å². The molecule has 3 saturated carbocycles. The lowest BCUT2D eigenvalue weighted by molar-refractivity contribution is -0.0356. The van der Waals surface area contributed by atoms with Crippen LogP contribution in [0.1, 0.15) is 68.0 Å². The normalized spacial score (nSPS) is 30.1. The topological polar surface area (TPSA) is 19.0 Å². The van der Waals surface area contributed by atoms with E-state index in [2.05, 4.69) is 28.9 Å². The molecule has 1 N–H and O–H groups in total. The number of aromatic nitrogens is 1. The molecule has 2 atom stereocenters. The predicted octanol–water partition coefficient (Wildman–Crippen LogP) is 6.76.